The maximum Gasteiger partial charge on any atom is 0.442 e. The number of nitrogens with one attached hydrogen (secondary N) is 1. The van der Waals surface area contributed by atoms with Gasteiger partial charge in [0.2, 0.25) is 0 Å². The van der Waals surface area contributed by atoms with Crippen molar-refractivity contribution < 1.29 is 33.0 Å². The van der Waals surface area contributed by atoms with Crippen molar-refractivity contribution >= 4 is 6.09 Å². The summed E-state index contributed by atoms with van der Waals surface area (Å²) in [6.07, 6.45) is -10.3. The number of hydroxylamine groups is 1. The number of carbonyl (C=O) groups excluding carboxylic acids is 1. The van der Waals surface area contributed by atoms with Crippen LogP contribution in [0.4, 0.5) is 18.0 Å². The van der Waals surface area contributed by atoms with Gasteiger partial charge in [-0.2, -0.15) is 13.2 Å². The normalized spacial score (nSPS) is 14.2. The highest BCUT2D eigenvalue weighted by Gasteiger charge is 2.40. The van der Waals surface area contributed by atoms with E-state index in [1.807, 2.05) is 0 Å². The second-order valence-electron chi connectivity index (χ2n) is 1.40. The van der Waals surface area contributed by atoms with Crippen molar-refractivity contribution in [3.63, 3.8) is 0 Å². The summed E-state index contributed by atoms with van der Waals surface area (Å²) in [6.45, 7) is 0. The molecule has 0 saturated carbocycles. The van der Waals surface area contributed by atoms with E-state index in [1.54, 1.807) is 0 Å². The Balaban J connectivity index is 3.70. The topological polar surface area (TPSA) is 81.6 Å². The molecule has 0 aromatic heterocycles. The van der Waals surface area contributed by atoms with Gasteiger partial charge in [-0.1, -0.05) is 0 Å². The minimum Gasteiger partial charge on any atom is -0.528 e. The van der Waals surface area contributed by atoms with Crippen LogP contribution in [-0.2, 0) is 4.84 Å². The van der Waals surface area contributed by atoms with Crippen LogP contribution in [0.3, 0.4) is 0 Å². The molecule has 8 heteroatoms. The minimum atomic E-state index is -5.03. The number of hydrogen-bond acceptors (Lipinski definition) is 4. The van der Waals surface area contributed by atoms with Gasteiger partial charge in [0.05, 0.1) is 0 Å². The average molecular weight is 174 g/mol. The number of amides is 1. The minimum absolute atomic E-state index is 0.787. The predicted molar refractivity (Wildman–Crippen MR) is 21.7 cm³/mol. The van der Waals surface area contributed by atoms with E-state index in [1.165, 1.54) is 0 Å². The van der Waals surface area contributed by atoms with Crippen molar-refractivity contribution in [2.24, 2.45) is 0 Å². The van der Waals surface area contributed by atoms with Crippen molar-refractivity contribution in [2.45, 2.75) is 12.5 Å². The summed E-state index contributed by atoms with van der Waals surface area (Å²) in [5.41, 5.74) is 0.787. The summed E-state index contributed by atoms with van der Waals surface area (Å²) in [5, 5.41) is 17.3. The van der Waals surface area contributed by atoms with Gasteiger partial charge < -0.3 is 15.0 Å². The van der Waals surface area contributed by atoms with E-state index < -0.39 is 18.6 Å². The molecule has 11 heavy (non-hydrogen) atoms. The summed E-state index contributed by atoms with van der Waals surface area (Å²) in [5.74, 6) is 0. The van der Waals surface area contributed by atoms with E-state index in [4.69, 9.17) is 5.11 Å². The van der Waals surface area contributed by atoms with Crippen LogP contribution in [-0.4, -0.2) is 23.7 Å². The molecule has 0 fully saturated rings. The number of rotatable bonds is 2. The van der Waals surface area contributed by atoms with Gasteiger partial charge in [0, 0.05) is 0 Å². The number of aliphatic hydroxyl groups is 1. The lowest BCUT2D eigenvalue weighted by Crippen LogP contribution is -2.43. The van der Waals surface area contributed by atoms with Crippen LogP contribution in [0, 0.1) is 0 Å². The van der Waals surface area contributed by atoms with Crippen LogP contribution in [0.5, 0.6) is 0 Å². The van der Waals surface area contributed by atoms with Gasteiger partial charge in [-0.3, -0.25) is 0 Å². The number of halogens is 3. The highest BCUT2D eigenvalue weighted by molar-refractivity contribution is 5.60. The fraction of sp³-hybridized carbons (Fsp3) is 0.667. The van der Waals surface area contributed by atoms with E-state index in [0.29, 0.717) is 0 Å². The lowest BCUT2D eigenvalue weighted by Gasteiger charge is -2.15. The molecule has 0 rings (SSSR count). The van der Waals surface area contributed by atoms with Crippen LogP contribution in [0.2, 0.25) is 0 Å². The maximum atomic E-state index is 11.3. The molecule has 1 unspecified atom stereocenters. The van der Waals surface area contributed by atoms with Gasteiger partial charge in [-0.25, -0.2) is 10.3 Å². The number of aliphatic hydroxyl groups excluding tert-OH is 1. The molecule has 0 aromatic rings. The molecular weight excluding hydrogens is 171 g/mol. The largest absolute Gasteiger partial charge is 0.528 e. The van der Waals surface area contributed by atoms with E-state index in [0.717, 1.165) is 5.48 Å². The van der Waals surface area contributed by atoms with Gasteiger partial charge >= 0.3 is 6.18 Å². The first kappa shape index (κ1) is 9.98. The Morgan fingerprint density at radius 3 is 2.36 bits per heavy atom. The molecule has 0 spiro atoms. The zero-order valence-electron chi connectivity index (χ0n) is 4.88. The Hall–Kier alpha value is -1.02. The Bertz CT molecular complexity index is 146. The lowest BCUT2D eigenvalue weighted by molar-refractivity contribution is -0.324. The Labute approximate surface area is 58.3 Å². The van der Waals surface area contributed by atoms with E-state index >= 15 is 0 Å². The number of carboxylic acid groups (broad SMARTS) is 1. The van der Waals surface area contributed by atoms with Gasteiger partial charge in [0.1, 0.15) is 0 Å². The van der Waals surface area contributed by atoms with Crippen LogP contribution < -0.4 is 10.6 Å². The number of hydrogen-bond donors (Lipinski definition) is 2. The van der Waals surface area contributed by atoms with Crippen molar-refractivity contribution in [2.75, 3.05) is 0 Å². The van der Waals surface area contributed by atoms with E-state index in [-0.39, 0.29) is 0 Å². The van der Waals surface area contributed by atoms with Gasteiger partial charge in [0.15, 0.2) is 6.09 Å². The SMILES string of the molecule is O=C([O-])NOC(O)C(F)(F)F. The first-order valence-corrected chi connectivity index (χ1v) is 2.21. The second kappa shape index (κ2) is 3.39. The van der Waals surface area contributed by atoms with Crippen LogP contribution in [0.25, 0.3) is 0 Å². The Morgan fingerprint density at radius 2 is 2.09 bits per heavy atom. The highest BCUT2D eigenvalue weighted by atomic mass is 19.4. The van der Waals surface area contributed by atoms with Crippen LogP contribution in [0.1, 0.15) is 0 Å². The zero-order chi connectivity index (χ0) is 9.07. The average Bonchev–Trinajstić information content (AvgIpc) is 1.80. The van der Waals surface area contributed by atoms with Crippen molar-refractivity contribution in [3.8, 4) is 0 Å². The molecule has 0 radical (unpaired) electrons. The molecule has 2 N–H and O–H groups in total. The third kappa shape index (κ3) is 4.39. The Morgan fingerprint density at radius 1 is 1.64 bits per heavy atom. The third-order valence-electron chi connectivity index (χ3n) is 0.534. The fourth-order valence-corrected chi connectivity index (χ4v) is 0.171. The Kier molecular flexibility index (Phi) is 3.08. The van der Waals surface area contributed by atoms with Gasteiger partial charge in [-0.15, -0.1) is 0 Å². The molecule has 66 valence electrons. The maximum absolute atomic E-state index is 11.3. The molecule has 0 saturated heterocycles. The zero-order valence-corrected chi connectivity index (χ0v) is 4.88. The summed E-state index contributed by atoms with van der Waals surface area (Å²) in [6, 6.07) is 0. The second-order valence-corrected chi connectivity index (χ2v) is 1.40. The first-order valence-electron chi connectivity index (χ1n) is 2.21. The van der Waals surface area contributed by atoms with Crippen LogP contribution >= 0.6 is 0 Å². The fourth-order valence-electron chi connectivity index (χ4n) is 0.171. The monoisotopic (exact) mass is 174 g/mol. The molecule has 0 aliphatic rings. The molecule has 0 aromatic carbocycles. The van der Waals surface area contributed by atoms with E-state index in [2.05, 4.69) is 4.84 Å². The molecule has 0 aliphatic carbocycles. The quantitative estimate of drug-likeness (QED) is 0.404. The number of alkyl halides is 3. The lowest BCUT2D eigenvalue weighted by atomic mass is 10.6. The molecular formula is C3H3F3NO4-. The van der Waals surface area contributed by atoms with Gasteiger partial charge in [-0.05, 0) is 0 Å². The van der Waals surface area contributed by atoms with Crippen molar-refractivity contribution in [1.29, 1.82) is 0 Å². The molecule has 0 bridgehead atoms. The molecule has 1 amide bonds. The summed E-state index contributed by atoms with van der Waals surface area (Å²) in [4.78, 5) is 12.6. The standard InChI is InChI=1S/C3H4F3NO4/c4-3(5,6)1(8)11-7-2(9)10/h1,7-8H,(H,9,10)/p-1. The molecule has 5 nitrogen and oxygen atoms in total. The highest BCUT2D eigenvalue weighted by Crippen LogP contribution is 2.19. The van der Waals surface area contributed by atoms with Crippen molar-refractivity contribution in [1.82, 2.24) is 5.48 Å². The smallest absolute Gasteiger partial charge is 0.442 e. The van der Waals surface area contributed by atoms with E-state index in [9.17, 15) is 23.1 Å². The molecule has 1 atom stereocenters. The predicted octanol–water partition coefficient (Wildman–Crippen LogP) is -1.27. The molecule has 0 heterocycles. The van der Waals surface area contributed by atoms with Gasteiger partial charge in [0.25, 0.3) is 6.29 Å². The van der Waals surface area contributed by atoms with Crippen molar-refractivity contribution in [3.05, 3.63) is 0 Å². The summed E-state index contributed by atoms with van der Waals surface area (Å²) >= 11 is 0. The third-order valence-corrected chi connectivity index (χ3v) is 0.534. The first-order chi connectivity index (χ1) is 4.84. The molecule has 0 aliphatic heterocycles. The van der Waals surface area contributed by atoms with Crippen LogP contribution in [0.15, 0.2) is 0 Å². The summed E-state index contributed by atoms with van der Waals surface area (Å²) < 4.78 is 33.8. The number of carbonyl (C=O) groups is 1. The summed E-state index contributed by atoms with van der Waals surface area (Å²) in [7, 11) is 0.